The minimum atomic E-state index is -1.23. The smallest absolute Gasteiger partial charge is 0.271 e. The molecule has 0 aliphatic rings. The summed E-state index contributed by atoms with van der Waals surface area (Å²) in [5.74, 6) is -1.53. The lowest BCUT2D eigenvalue weighted by atomic mass is 10.1. The molecule has 0 atom stereocenters. The van der Waals surface area contributed by atoms with Gasteiger partial charge in [-0.1, -0.05) is 43.3 Å². The number of hydrogen-bond donors (Lipinski definition) is 1. The van der Waals surface area contributed by atoms with Gasteiger partial charge in [-0.05, 0) is 35.2 Å². The van der Waals surface area contributed by atoms with Crippen LogP contribution in [0.3, 0.4) is 0 Å². The van der Waals surface area contributed by atoms with Crippen molar-refractivity contribution in [2.75, 3.05) is 0 Å². The Morgan fingerprint density at radius 3 is 2.18 bits per heavy atom. The van der Waals surface area contributed by atoms with Crippen LogP contribution in [0.1, 0.15) is 38.8 Å². The molecule has 0 fully saturated rings. The van der Waals surface area contributed by atoms with Crippen molar-refractivity contribution in [3.63, 3.8) is 0 Å². The quantitative estimate of drug-likeness (QED) is 0.668. The molecule has 0 radical (unpaired) electrons. The highest BCUT2D eigenvalue weighted by Crippen LogP contribution is 2.05. The minimum absolute atomic E-state index is 0.0946. The molecule has 1 amide bonds. The van der Waals surface area contributed by atoms with Gasteiger partial charge in [-0.2, -0.15) is 5.10 Å². The molecule has 0 saturated carbocycles. The summed E-state index contributed by atoms with van der Waals surface area (Å²) in [5.41, 5.74) is 4.88. The Hall–Kier alpha value is -2.95. The largest absolute Gasteiger partial charge is 0.545 e. The third-order valence-corrected chi connectivity index (χ3v) is 3.15. The number of nitrogens with one attached hydrogen (secondary N) is 1. The number of aromatic carboxylic acids is 1. The fraction of sp³-hybridized carbons (Fsp3) is 0.118. The lowest BCUT2D eigenvalue weighted by Crippen LogP contribution is -2.22. The summed E-state index contributed by atoms with van der Waals surface area (Å²) in [6, 6.07) is 13.3. The zero-order valence-electron chi connectivity index (χ0n) is 12.1. The second-order valence-corrected chi connectivity index (χ2v) is 4.66. The van der Waals surface area contributed by atoms with Crippen molar-refractivity contribution in [1.82, 2.24) is 5.43 Å². The van der Waals surface area contributed by atoms with Crippen LogP contribution >= 0.6 is 0 Å². The van der Waals surface area contributed by atoms with Crippen molar-refractivity contribution in [3.8, 4) is 0 Å². The Morgan fingerprint density at radius 1 is 1.05 bits per heavy atom. The fourth-order valence-corrected chi connectivity index (χ4v) is 1.83. The Morgan fingerprint density at radius 2 is 1.64 bits per heavy atom. The second kappa shape index (κ2) is 7.17. The average molecular weight is 295 g/mol. The highest BCUT2D eigenvalue weighted by atomic mass is 16.4. The van der Waals surface area contributed by atoms with Crippen LogP contribution in [-0.4, -0.2) is 18.1 Å². The van der Waals surface area contributed by atoms with Crippen molar-refractivity contribution >= 4 is 18.1 Å². The highest BCUT2D eigenvalue weighted by Gasteiger charge is 2.03. The van der Waals surface area contributed by atoms with Crippen molar-refractivity contribution in [1.29, 1.82) is 0 Å². The van der Waals surface area contributed by atoms with Crippen LogP contribution < -0.4 is 10.5 Å². The van der Waals surface area contributed by atoms with E-state index in [4.69, 9.17) is 0 Å². The average Bonchev–Trinajstić information content (AvgIpc) is 2.55. The number of hydrogen-bond acceptors (Lipinski definition) is 4. The van der Waals surface area contributed by atoms with E-state index in [0.717, 1.165) is 12.0 Å². The molecule has 0 aromatic heterocycles. The van der Waals surface area contributed by atoms with Crippen LogP contribution in [0.15, 0.2) is 53.6 Å². The molecule has 5 heteroatoms. The zero-order valence-corrected chi connectivity index (χ0v) is 12.1. The van der Waals surface area contributed by atoms with Gasteiger partial charge in [-0.15, -0.1) is 0 Å². The SMILES string of the molecule is CCc1ccc(C(=O)N/N=C\c2ccc(C(=O)[O-])cc2)cc1. The van der Waals surface area contributed by atoms with E-state index in [1.807, 2.05) is 19.1 Å². The van der Waals surface area contributed by atoms with Crippen LogP contribution in [0.4, 0.5) is 0 Å². The summed E-state index contributed by atoms with van der Waals surface area (Å²) in [6.07, 6.45) is 2.36. The van der Waals surface area contributed by atoms with E-state index < -0.39 is 5.97 Å². The van der Waals surface area contributed by atoms with Gasteiger partial charge in [-0.25, -0.2) is 5.43 Å². The van der Waals surface area contributed by atoms with E-state index in [1.165, 1.54) is 18.3 Å². The molecule has 0 bridgehead atoms. The summed E-state index contributed by atoms with van der Waals surface area (Å²) >= 11 is 0. The maximum Gasteiger partial charge on any atom is 0.271 e. The summed E-state index contributed by atoms with van der Waals surface area (Å²) in [4.78, 5) is 22.5. The highest BCUT2D eigenvalue weighted by molar-refractivity contribution is 5.95. The van der Waals surface area contributed by atoms with Crippen molar-refractivity contribution in [3.05, 3.63) is 70.8 Å². The van der Waals surface area contributed by atoms with E-state index in [2.05, 4.69) is 10.5 Å². The monoisotopic (exact) mass is 295 g/mol. The summed E-state index contributed by atoms with van der Waals surface area (Å²) < 4.78 is 0. The predicted octanol–water partition coefficient (Wildman–Crippen LogP) is 1.38. The van der Waals surface area contributed by atoms with Gasteiger partial charge in [0.1, 0.15) is 0 Å². The van der Waals surface area contributed by atoms with Crippen LogP contribution in [0.25, 0.3) is 0 Å². The Bertz CT molecular complexity index is 689. The van der Waals surface area contributed by atoms with Crippen LogP contribution in [0.2, 0.25) is 0 Å². The van der Waals surface area contributed by atoms with E-state index >= 15 is 0 Å². The van der Waals surface area contributed by atoms with E-state index in [9.17, 15) is 14.7 Å². The van der Waals surface area contributed by atoms with Gasteiger partial charge in [-0.3, -0.25) is 4.79 Å². The molecule has 2 aromatic rings. The summed E-state index contributed by atoms with van der Waals surface area (Å²) in [6.45, 7) is 2.05. The summed E-state index contributed by atoms with van der Waals surface area (Å²) in [7, 11) is 0. The maximum atomic E-state index is 11.9. The van der Waals surface area contributed by atoms with Crippen LogP contribution in [-0.2, 0) is 6.42 Å². The Kier molecular flexibility index (Phi) is 5.03. The predicted molar refractivity (Wildman–Crippen MR) is 81.7 cm³/mol. The van der Waals surface area contributed by atoms with Gasteiger partial charge in [0.05, 0.1) is 12.2 Å². The lowest BCUT2D eigenvalue weighted by Gasteiger charge is -2.02. The van der Waals surface area contributed by atoms with E-state index in [-0.39, 0.29) is 11.5 Å². The van der Waals surface area contributed by atoms with Crippen molar-refractivity contribution in [2.45, 2.75) is 13.3 Å². The molecule has 0 heterocycles. The maximum absolute atomic E-state index is 11.9. The number of rotatable bonds is 5. The first-order chi connectivity index (χ1) is 10.6. The number of nitrogens with zero attached hydrogens (tertiary/aromatic N) is 1. The Balaban J connectivity index is 1.96. The van der Waals surface area contributed by atoms with Crippen molar-refractivity contribution in [2.24, 2.45) is 5.10 Å². The molecular formula is C17H15N2O3-. The third kappa shape index (κ3) is 4.02. The number of hydrazone groups is 1. The number of amides is 1. The van der Waals surface area contributed by atoms with E-state index in [0.29, 0.717) is 11.1 Å². The molecule has 1 N–H and O–H groups in total. The van der Waals surface area contributed by atoms with Gasteiger partial charge in [0.2, 0.25) is 0 Å². The topological polar surface area (TPSA) is 81.6 Å². The normalized spacial score (nSPS) is 10.6. The first-order valence-electron chi connectivity index (χ1n) is 6.84. The molecular weight excluding hydrogens is 280 g/mol. The van der Waals surface area contributed by atoms with Gasteiger partial charge < -0.3 is 9.90 Å². The fourth-order valence-electron chi connectivity index (χ4n) is 1.83. The molecule has 0 saturated heterocycles. The van der Waals surface area contributed by atoms with Gasteiger partial charge in [0, 0.05) is 5.56 Å². The van der Waals surface area contributed by atoms with Crippen LogP contribution in [0.5, 0.6) is 0 Å². The molecule has 0 spiro atoms. The Labute approximate surface area is 128 Å². The molecule has 2 rings (SSSR count). The molecule has 0 unspecified atom stereocenters. The first kappa shape index (κ1) is 15.4. The number of carboxylic acids is 1. The first-order valence-corrected chi connectivity index (χ1v) is 6.84. The molecule has 0 aliphatic carbocycles. The van der Waals surface area contributed by atoms with E-state index in [1.54, 1.807) is 24.3 Å². The van der Waals surface area contributed by atoms with Gasteiger partial charge in [0.15, 0.2) is 0 Å². The number of carboxylic acid groups (broad SMARTS) is 1. The van der Waals surface area contributed by atoms with Crippen LogP contribution in [0, 0.1) is 0 Å². The minimum Gasteiger partial charge on any atom is -0.545 e. The standard InChI is InChI=1S/C17H16N2O3/c1-2-12-3-7-14(8-4-12)16(20)19-18-11-13-5-9-15(10-6-13)17(21)22/h3-11H,2H2,1H3,(H,19,20)(H,21,22)/p-1/b18-11-. The van der Waals surface area contributed by atoms with Gasteiger partial charge >= 0.3 is 0 Å². The van der Waals surface area contributed by atoms with Gasteiger partial charge in [0.25, 0.3) is 5.91 Å². The lowest BCUT2D eigenvalue weighted by molar-refractivity contribution is -0.255. The third-order valence-electron chi connectivity index (χ3n) is 3.15. The molecule has 2 aromatic carbocycles. The van der Waals surface area contributed by atoms with Crippen molar-refractivity contribution < 1.29 is 14.7 Å². The number of carbonyl (C=O) groups excluding carboxylic acids is 2. The number of benzene rings is 2. The molecule has 22 heavy (non-hydrogen) atoms. The summed E-state index contributed by atoms with van der Waals surface area (Å²) in [5, 5.41) is 14.5. The number of carbonyl (C=O) groups is 2. The number of aryl methyl sites for hydroxylation is 1. The molecule has 0 aliphatic heterocycles. The molecule has 112 valence electrons. The zero-order chi connectivity index (χ0) is 15.9. The second-order valence-electron chi connectivity index (χ2n) is 4.66. The molecule has 5 nitrogen and oxygen atoms in total.